The molecule has 0 saturated heterocycles. The second-order valence-corrected chi connectivity index (χ2v) is 11.1. The Bertz CT molecular complexity index is 1330. The fourth-order valence-corrected chi connectivity index (χ4v) is 4.75. The summed E-state index contributed by atoms with van der Waals surface area (Å²) in [5.74, 6) is 0.280. The number of amides is 2. The normalized spacial score (nSPS) is 11.9. The number of hydrogen-bond donors (Lipinski definition) is 1. The molecule has 1 N–H and O–H groups in total. The minimum absolute atomic E-state index is 0.0423. The highest BCUT2D eigenvalue weighted by Gasteiger charge is 2.30. The second kappa shape index (κ2) is 13.3. The Morgan fingerprint density at radius 1 is 0.947 bits per heavy atom. The summed E-state index contributed by atoms with van der Waals surface area (Å²) >= 11 is 6.33. The summed E-state index contributed by atoms with van der Waals surface area (Å²) < 4.78 is 32.3. The van der Waals surface area contributed by atoms with Gasteiger partial charge in [-0.2, -0.15) is 0 Å². The number of hydrogen-bond acceptors (Lipinski definition) is 5. The highest BCUT2D eigenvalue weighted by Crippen LogP contribution is 2.26. The first-order chi connectivity index (χ1) is 18.1. The number of anilines is 1. The van der Waals surface area contributed by atoms with E-state index in [4.69, 9.17) is 16.3 Å². The Balaban J connectivity index is 1.86. The molecule has 0 bridgehead atoms. The van der Waals surface area contributed by atoms with E-state index in [2.05, 4.69) is 5.32 Å². The molecular formula is C28H32ClN3O5S. The molecule has 202 valence electrons. The van der Waals surface area contributed by atoms with Crippen LogP contribution < -0.4 is 14.4 Å². The molecule has 0 aromatic heterocycles. The predicted octanol–water partition coefficient (Wildman–Crippen LogP) is 4.84. The zero-order valence-corrected chi connectivity index (χ0v) is 23.2. The summed E-state index contributed by atoms with van der Waals surface area (Å²) in [5, 5.41) is 3.24. The van der Waals surface area contributed by atoms with Crippen molar-refractivity contribution in [2.45, 2.75) is 32.9 Å². The largest absolute Gasteiger partial charge is 0.457 e. The predicted molar refractivity (Wildman–Crippen MR) is 150 cm³/mol. The Labute approximate surface area is 229 Å². The zero-order chi connectivity index (χ0) is 27.7. The van der Waals surface area contributed by atoms with E-state index in [1.165, 1.54) is 4.90 Å². The number of carbonyl (C=O) groups is 2. The number of ether oxygens (including phenoxy) is 1. The molecule has 0 radical (unpaired) electrons. The number of sulfonamides is 1. The van der Waals surface area contributed by atoms with Crippen molar-refractivity contribution < 1.29 is 22.7 Å². The van der Waals surface area contributed by atoms with Gasteiger partial charge in [-0.1, -0.05) is 54.9 Å². The Kier molecular flexibility index (Phi) is 10.2. The Hall–Kier alpha value is -3.56. The summed E-state index contributed by atoms with van der Waals surface area (Å²) in [4.78, 5) is 27.7. The molecule has 8 nitrogen and oxygen atoms in total. The van der Waals surface area contributed by atoms with Crippen LogP contribution in [-0.4, -0.2) is 50.5 Å². The Morgan fingerprint density at radius 3 is 2.16 bits per heavy atom. The monoisotopic (exact) mass is 557 g/mol. The molecule has 0 aliphatic heterocycles. The molecule has 0 heterocycles. The fourth-order valence-electron chi connectivity index (χ4n) is 3.71. The lowest BCUT2D eigenvalue weighted by Crippen LogP contribution is -2.51. The van der Waals surface area contributed by atoms with Crippen LogP contribution >= 0.6 is 11.6 Å². The van der Waals surface area contributed by atoms with E-state index in [9.17, 15) is 18.0 Å². The minimum atomic E-state index is -3.84. The smallest absolute Gasteiger partial charge is 0.244 e. The van der Waals surface area contributed by atoms with E-state index in [-0.39, 0.29) is 12.5 Å². The number of benzene rings is 3. The number of nitrogens with zero attached hydrogens (tertiary/aromatic N) is 2. The summed E-state index contributed by atoms with van der Waals surface area (Å²) in [6.07, 6.45) is 1.77. The molecule has 0 fully saturated rings. The second-order valence-electron chi connectivity index (χ2n) is 8.76. The van der Waals surface area contributed by atoms with Crippen molar-refractivity contribution in [3.8, 4) is 11.5 Å². The highest BCUT2D eigenvalue weighted by molar-refractivity contribution is 7.92. The number of para-hydroxylation sites is 1. The molecule has 10 heteroatoms. The van der Waals surface area contributed by atoms with Gasteiger partial charge < -0.3 is 15.0 Å². The average molecular weight is 558 g/mol. The fraction of sp³-hybridized carbons (Fsp3) is 0.286. The maximum Gasteiger partial charge on any atom is 0.244 e. The molecule has 38 heavy (non-hydrogen) atoms. The maximum absolute atomic E-state index is 13.6. The van der Waals surface area contributed by atoms with Gasteiger partial charge in [-0.3, -0.25) is 13.9 Å². The number of halogens is 1. The van der Waals surface area contributed by atoms with Gasteiger partial charge in [-0.15, -0.1) is 0 Å². The lowest BCUT2D eigenvalue weighted by molar-refractivity contribution is -0.139. The third-order valence-corrected chi connectivity index (χ3v) is 7.31. The van der Waals surface area contributed by atoms with E-state index in [1.807, 2.05) is 25.1 Å². The van der Waals surface area contributed by atoms with Gasteiger partial charge in [0.25, 0.3) is 0 Å². The van der Waals surface area contributed by atoms with Crippen molar-refractivity contribution in [3.05, 3.63) is 89.4 Å². The lowest BCUT2D eigenvalue weighted by Gasteiger charge is -2.31. The van der Waals surface area contributed by atoms with Crippen LogP contribution in [0.15, 0.2) is 78.9 Å². The molecular weight excluding hydrogens is 526 g/mol. The third kappa shape index (κ3) is 7.97. The SMILES string of the molecule is CCCNC(=O)C(C)N(Cc1ccccc1Cl)C(=O)CN(c1ccc(Oc2ccccc2)cc1)S(C)(=O)=O. The van der Waals surface area contributed by atoms with E-state index >= 15 is 0 Å². The molecule has 0 aliphatic carbocycles. The molecule has 3 aromatic carbocycles. The van der Waals surface area contributed by atoms with E-state index in [1.54, 1.807) is 67.6 Å². The lowest BCUT2D eigenvalue weighted by atomic mass is 10.1. The first kappa shape index (κ1) is 29.0. The number of rotatable bonds is 12. The molecule has 1 unspecified atom stereocenters. The van der Waals surface area contributed by atoms with E-state index in [0.29, 0.717) is 34.3 Å². The van der Waals surface area contributed by atoms with Crippen LogP contribution in [0.1, 0.15) is 25.8 Å². The molecule has 3 aromatic rings. The van der Waals surface area contributed by atoms with Gasteiger partial charge in [0.15, 0.2) is 0 Å². The van der Waals surface area contributed by atoms with Gasteiger partial charge in [0.05, 0.1) is 11.9 Å². The topological polar surface area (TPSA) is 96.0 Å². The first-order valence-electron chi connectivity index (χ1n) is 12.2. The van der Waals surface area contributed by atoms with Gasteiger partial charge >= 0.3 is 0 Å². The van der Waals surface area contributed by atoms with Crippen LogP contribution in [0.25, 0.3) is 0 Å². The molecule has 0 spiro atoms. The quantitative estimate of drug-likeness (QED) is 0.344. The number of nitrogens with one attached hydrogen (secondary N) is 1. The summed E-state index contributed by atoms with van der Waals surface area (Å²) in [6, 6.07) is 21.8. The molecule has 2 amide bonds. The van der Waals surface area contributed by atoms with Crippen LogP contribution in [0, 0.1) is 0 Å². The van der Waals surface area contributed by atoms with Crippen LogP contribution in [0.5, 0.6) is 11.5 Å². The summed E-state index contributed by atoms with van der Waals surface area (Å²) in [6.45, 7) is 3.55. The van der Waals surface area contributed by atoms with Crippen molar-refractivity contribution >= 4 is 39.1 Å². The van der Waals surface area contributed by atoms with Gasteiger partial charge in [-0.25, -0.2) is 8.42 Å². The van der Waals surface area contributed by atoms with Crippen molar-refractivity contribution in [1.29, 1.82) is 0 Å². The van der Waals surface area contributed by atoms with Crippen molar-refractivity contribution in [3.63, 3.8) is 0 Å². The van der Waals surface area contributed by atoms with Crippen molar-refractivity contribution in [2.75, 3.05) is 23.7 Å². The van der Waals surface area contributed by atoms with Crippen LogP contribution in [0.4, 0.5) is 5.69 Å². The standard InChI is InChI=1S/C28H32ClN3O5S/c1-4-18-30-28(34)21(2)31(19-22-10-8-9-13-26(22)29)27(33)20-32(38(3,35)36)23-14-16-25(17-15-23)37-24-11-6-5-7-12-24/h5-17,21H,4,18-20H2,1-3H3,(H,30,34). The number of carbonyl (C=O) groups excluding carboxylic acids is 2. The molecule has 1 atom stereocenters. The zero-order valence-electron chi connectivity index (χ0n) is 21.6. The molecule has 0 saturated carbocycles. The van der Waals surface area contributed by atoms with Gasteiger partial charge in [0.2, 0.25) is 21.8 Å². The molecule has 0 aliphatic rings. The summed E-state index contributed by atoms with van der Waals surface area (Å²) in [7, 11) is -3.84. The van der Waals surface area contributed by atoms with Crippen LogP contribution in [-0.2, 0) is 26.2 Å². The maximum atomic E-state index is 13.6. The minimum Gasteiger partial charge on any atom is -0.457 e. The third-order valence-electron chi connectivity index (χ3n) is 5.80. The van der Waals surface area contributed by atoms with E-state index < -0.39 is 28.5 Å². The Morgan fingerprint density at radius 2 is 1.55 bits per heavy atom. The first-order valence-corrected chi connectivity index (χ1v) is 14.4. The van der Waals surface area contributed by atoms with Crippen molar-refractivity contribution in [1.82, 2.24) is 10.2 Å². The average Bonchev–Trinajstić information content (AvgIpc) is 2.90. The highest BCUT2D eigenvalue weighted by atomic mass is 35.5. The van der Waals surface area contributed by atoms with Gasteiger partial charge in [0, 0.05) is 18.1 Å². The van der Waals surface area contributed by atoms with Gasteiger partial charge in [-0.05, 0) is 61.4 Å². The van der Waals surface area contributed by atoms with Gasteiger partial charge in [0.1, 0.15) is 24.1 Å². The van der Waals surface area contributed by atoms with Crippen LogP contribution in [0.3, 0.4) is 0 Å². The van der Waals surface area contributed by atoms with E-state index in [0.717, 1.165) is 17.0 Å². The molecule has 3 rings (SSSR count). The summed E-state index contributed by atoms with van der Waals surface area (Å²) in [5.41, 5.74) is 0.938. The van der Waals surface area contributed by atoms with Crippen molar-refractivity contribution in [2.24, 2.45) is 0 Å². The van der Waals surface area contributed by atoms with Crippen LogP contribution in [0.2, 0.25) is 5.02 Å².